The summed E-state index contributed by atoms with van der Waals surface area (Å²) in [4.78, 5) is 27.1. The van der Waals surface area contributed by atoms with E-state index in [0.29, 0.717) is 40.1 Å². The van der Waals surface area contributed by atoms with Crippen molar-refractivity contribution in [3.8, 4) is 0 Å². The highest BCUT2D eigenvalue weighted by atomic mass is 19.1. The molecule has 3 heterocycles. The van der Waals surface area contributed by atoms with Gasteiger partial charge in [0.15, 0.2) is 5.82 Å². The third kappa shape index (κ3) is 2.74. The van der Waals surface area contributed by atoms with Crippen LogP contribution in [0.5, 0.6) is 0 Å². The van der Waals surface area contributed by atoms with Gasteiger partial charge in [0.05, 0.1) is 17.4 Å². The molecule has 1 unspecified atom stereocenters. The van der Waals surface area contributed by atoms with Gasteiger partial charge in [-0.1, -0.05) is 0 Å². The largest absolute Gasteiger partial charge is 0.368 e. The lowest BCUT2D eigenvalue weighted by atomic mass is 9.88. The van der Waals surface area contributed by atoms with E-state index in [2.05, 4.69) is 0 Å². The maximum Gasteiger partial charge on any atom is 0.354 e. The van der Waals surface area contributed by atoms with E-state index in [9.17, 15) is 9.59 Å². The fourth-order valence-electron chi connectivity index (χ4n) is 4.33. The molecule has 146 valence electrons. The Balaban J connectivity index is 1.94. The number of halogens is 1. The van der Waals surface area contributed by atoms with Gasteiger partial charge < -0.3 is 16.5 Å². The van der Waals surface area contributed by atoms with Crippen LogP contribution in [0, 0.1) is 18.7 Å². The van der Waals surface area contributed by atoms with Crippen LogP contribution in [-0.4, -0.2) is 27.7 Å². The molecule has 0 aromatic carbocycles. The molecular formula is C19H26FN5O2. The normalized spacial score (nSPS) is 20.6. The zero-order valence-corrected chi connectivity index (χ0v) is 16.0. The number of rotatable bonds is 3. The molecule has 8 heteroatoms. The first-order valence-electron chi connectivity index (χ1n) is 9.40. The second-order valence-electron chi connectivity index (χ2n) is 8.57. The summed E-state index contributed by atoms with van der Waals surface area (Å²) in [5, 5.41) is 0. The van der Waals surface area contributed by atoms with Crippen molar-refractivity contribution in [1.29, 1.82) is 0 Å². The second kappa shape index (κ2) is 5.82. The molecule has 0 radical (unpaired) electrons. The number of fused-ring (bicyclic) bond motifs is 1. The van der Waals surface area contributed by atoms with Gasteiger partial charge in [0.2, 0.25) is 0 Å². The quantitative estimate of drug-likeness (QED) is 0.782. The number of pyridine rings is 1. The van der Waals surface area contributed by atoms with E-state index in [-0.39, 0.29) is 17.4 Å². The highest BCUT2D eigenvalue weighted by Crippen LogP contribution is 2.42. The molecule has 2 aromatic rings. The average molecular weight is 375 g/mol. The molecule has 0 spiro atoms. The summed E-state index contributed by atoms with van der Waals surface area (Å²) in [6.07, 6.45) is 3.79. The third-order valence-electron chi connectivity index (χ3n) is 6.08. The summed E-state index contributed by atoms with van der Waals surface area (Å²) in [6, 6.07) is 0. The van der Waals surface area contributed by atoms with Crippen molar-refractivity contribution < 1.29 is 4.39 Å². The predicted molar refractivity (Wildman–Crippen MR) is 103 cm³/mol. The molecule has 1 saturated heterocycles. The molecule has 4 N–H and O–H groups in total. The number of anilines is 1. The van der Waals surface area contributed by atoms with Gasteiger partial charge in [-0.05, 0) is 51.9 Å². The van der Waals surface area contributed by atoms with Crippen LogP contribution in [0.15, 0.2) is 15.8 Å². The van der Waals surface area contributed by atoms with Crippen molar-refractivity contribution in [2.75, 3.05) is 23.8 Å². The van der Waals surface area contributed by atoms with Crippen LogP contribution >= 0.6 is 0 Å². The minimum atomic E-state index is -0.727. The topological polar surface area (TPSA) is 98.8 Å². The molecule has 7 nitrogen and oxygen atoms in total. The summed E-state index contributed by atoms with van der Waals surface area (Å²) >= 11 is 0. The molecule has 1 atom stereocenters. The van der Waals surface area contributed by atoms with E-state index in [1.165, 1.54) is 4.40 Å². The smallest absolute Gasteiger partial charge is 0.354 e. The first kappa shape index (κ1) is 18.0. The first-order chi connectivity index (χ1) is 12.6. The van der Waals surface area contributed by atoms with E-state index < -0.39 is 17.1 Å². The number of aryl methyl sites for hydroxylation is 1. The Kier molecular flexibility index (Phi) is 3.89. The van der Waals surface area contributed by atoms with Crippen molar-refractivity contribution in [3.05, 3.63) is 44.0 Å². The molecule has 1 saturated carbocycles. The van der Waals surface area contributed by atoms with Crippen molar-refractivity contribution >= 4 is 11.2 Å². The Hall–Kier alpha value is -2.35. The van der Waals surface area contributed by atoms with Crippen LogP contribution < -0.4 is 27.7 Å². The molecule has 4 rings (SSSR count). The van der Waals surface area contributed by atoms with Crippen LogP contribution in [0.1, 0.15) is 50.2 Å². The Bertz CT molecular complexity index is 1050. The van der Waals surface area contributed by atoms with E-state index in [1.807, 2.05) is 18.7 Å². The van der Waals surface area contributed by atoms with Crippen LogP contribution in [0.25, 0.3) is 5.52 Å². The fourth-order valence-corrected chi connectivity index (χ4v) is 4.33. The van der Waals surface area contributed by atoms with Crippen LogP contribution in [0.2, 0.25) is 0 Å². The first-order valence-corrected chi connectivity index (χ1v) is 9.40. The van der Waals surface area contributed by atoms with Gasteiger partial charge in [-0.3, -0.25) is 9.20 Å². The molecule has 27 heavy (non-hydrogen) atoms. The lowest BCUT2D eigenvalue weighted by Gasteiger charge is -2.28. The minimum Gasteiger partial charge on any atom is -0.368 e. The number of nitrogens with two attached hydrogens (primary N) is 2. The van der Waals surface area contributed by atoms with E-state index >= 15 is 4.39 Å². The molecule has 2 aromatic heterocycles. The van der Waals surface area contributed by atoms with E-state index in [4.69, 9.17) is 11.6 Å². The van der Waals surface area contributed by atoms with E-state index in [1.54, 1.807) is 6.92 Å². The Morgan fingerprint density at radius 2 is 1.89 bits per heavy atom. The van der Waals surface area contributed by atoms with Gasteiger partial charge >= 0.3 is 5.69 Å². The number of nitrogens with zero attached hydrogens (tertiary/aromatic N) is 3. The zero-order valence-electron chi connectivity index (χ0n) is 16.0. The molecular weight excluding hydrogens is 349 g/mol. The summed E-state index contributed by atoms with van der Waals surface area (Å²) in [5.74, 6) is 5.50. The highest BCUT2D eigenvalue weighted by Gasteiger charge is 2.36. The Morgan fingerprint density at radius 1 is 1.22 bits per heavy atom. The zero-order chi connectivity index (χ0) is 19.7. The monoisotopic (exact) mass is 375 g/mol. The highest BCUT2D eigenvalue weighted by molar-refractivity contribution is 5.72. The third-order valence-corrected chi connectivity index (χ3v) is 6.08. The van der Waals surface area contributed by atoms with Crippen molar-refractivity contribution in [1.82, 2.24) is 9.08 Å². The van der Waals surface area contributed by atoms with Crippen LogP contribution in [0.4, 0.5) is 10.1 Å². The number of nitrogen functional groups attached to an aromatic ring is 1. The van der Waals surface area contributed by atoms with Gasteiger partial charge in [0, 0.05) is 29.8 Å². The Labute approximate surface area is 156 Å². The van der Waals surface area contributed by atoms with Gasteiger partial charge in [-0.15, -0.1) is 0 Å². The number of hydrogen-bond acceptors (Lipinski definition) is 5. The Morgan fingerprint density at radius 3 is 2.44 bits per heavy atom. The fraction of sp³-hybridized carbons (Fsp3) is 0.579. The molecule has 1 aliphatic heterocycles. The summed E-state index contributed by atoms with van der Waals surface area (Å²) in [5.41, 5.74) is 6.79. The van der Waals surface area contributed by atoms with Crippen LogP contribution in [0.3, 0.4) is 0 Å². The van der Waals surface area contributed by atoms with Crippen LogP contribution in [-0.2, 0) is 0 Å². The van der Waals surface area contributed by atoms with Gasteiger partial charge in [-0.25, -0.2) is 9.18 Å². The van der Waals surface area contributed by atoms with E-state index in [0.717, 1.165) is 25.5 Å². The van der Waals surface area contributed by atoms with Gasteiger partial charge in [0.25, 0.3) is 5.56 Å². The molecule has 2 fully saturated rings. The standard InChI is InChI=1S/C19H26FN5O2/c1-10-15(23-7-6-12(8-23)19(2,3)21)13(20)9-24-16(10)14(11-4-5-11)17(26)25(22)18(24)27/h9,11-12H,4-8,21-22H2,1-3H3. The summed E-state index contributed by atoms with van der Waals surface area (Å²) in [7, 11) is 0. The maximum absolute atomic E-state index is 15.1. The van der Waals surface area contributed by atoms with Crippen molar-refractivity contribution in [2.24, 2.45) is 11.7 Å². The van der Waals surface area contributed by atoms with Gasteiger partial charge in [-0.2, -0.15) is 4.68 Å². The maximum atomic E-state index is 15.1. The second-order valence-corrected chi connectivity index (χ2v) is 8.57. The van der Waals surface area contributed by atoms with Crippen molar-refractivity contribution in [3.63, 3.8) is 0 Å². The van der Waals surface area contributed by atoms with Crippen molar-refractivity contribution in [2.45, 2.75) is 51.5 Å². The molecule has 1 aliphatic carbocycles. The summed E-state index contributed by atoms with van der Waals surface area (Å²) in [6.45, 7) is 7.09. The average Bonchev–Trinajstić information content (AvgIpc) is 3.29. The lowest BCUT2D eigenvalue weighted by molar-refractivity contribution is 0.348. The predicted octanol–water partition coefficient (Wildman–Crippen LogP) is 1.06. The SMILES string of the molecule is Cc1c(N2CCC(C(C)(C)N)C2)c(F)cn2c(=O)n(N)c(=O)c(C3CC3)c12. The molecule has 0 amide bonds. The lowest BCUT2D eigenvalue weighted by Crippen LogP contribution is -2.45. The minimum absolute atomic E-state index is 0.0780. The molecule has 2 aliphatic rings. The summed E-state index contributed by atoms with van der Waals surface area (Å²) < 4.78 is 16.8. The number of hydrogen-bond donors (Lipinski definition) is 2. The van der Waals surface area contributed by atoms with Gasteiger partial charge in [0.1, 0.15) is 0 Å². The molecule has 0 bridgehead atoms. The number of aromatic nitrogens is 2.